The van der Waals surface area contributed by atoms with Gasteiger partial charge in [-0.25, -0.2) is 8.42 Å². The second-order valence-electron chi connectivity index (χ2n) is 4.36. The Labute approximate surface area is 95.2 Å². The van der Waals surface area contributed by atoms with Gasteiger partial charge in [0.1, 0.15) is 0 Å². The first-order valence-corrected chi connectivity index (χ1v) is 7.28. The van der Waals surface area contributed by atoms with E-state index in [0.29, 0.717) is 6.54 Å². The third kappa shape index (κ3) is 1.55. The van der Waals surface area contributed by atoms with Crippen molar-refractivity contribution in [2.75, 3.05) is 34.8 Å². The Bertz CT molecular complexity index is 512. The summed E-state index contributed by atoms with van der Waals surface area (Å²) in [6.45, 7) is 1.34. The Morgan fingerprint density at radius 1 is 1.31 bits per heavy atom. The van der Waals surface area contributed by atoms with Crippen LogP contribution in [0.5, 0.6) is 0 Å². The van der Waals surface area contributed by atoms with E-state index < -0.39 is 9.84 Å². The van der Waals surface area contributed by atoms with E-state index in [1.807, 2.05) is 24.3 Å². The molecule has 2 aliphatic rings. The largest absolute Gasteiger partial charge is 0.381 e. The molecule has 0 amide bonds. The lowest BCUT2D eigenvalue weighted by atomic mass is 10.1. The van der Waals surface area contributed by atoms with Gasteiger partial charge in [-0.3, -0.25) is 0 Å². The Kier molecular flexibility index (Phi) is 2.10. The molecule has 1 unspecified atom stereocenters. The molecule has 0 aromatic heterocycles. The molecule has 5 heteroatoms. The minimum Gasteiger partial charge on any atom is -0.381 e. The molecule has 1 atom stereocenters. The molecule has 1 N–H and O–H groups in total. The monoisotopic (exact) mass is 238 g/mol. The molecule has 3 rings (SSSR count). The van der Waals surface area contributed by atoms with Crippen molar-refractivity contribution < 1.29 is 8.42 Å². The number of para-hydroxylation sites is 2. The molecule has 1 fully saturated rings. The predicted octanol–water partition coefficient (Wildman–Crippen LogP) is 0.716. The minimum atomic E-state index is -2.84. The normalized spacial score (nSPS) is 26.5. The fourth-order valence-corrected chi connectivity index (χ4v) is 4.00. The first-order valence-electron chi connectivity index (χ1n) is 5.46. The summed E-state index contributed by atoms with van der Waals surface area (Å²) < 4.78 is 23.1. The van der Waals surface area contributed by atoms with Crippen LogP contribution >= 0.6 is 0 Å². The molecule has 4 nitrogen and oxygen atoms in total. The van der Waals surface area contributed by atoms with Crippen LogP contribution < -0.4 is 10.2 Å². The summed E-state index contributed by atoms with van der Waals surface area (Å²) in [4.78, 5) is 2.22. The number of nitrogens with one attached hydrogen (secondary N) is 1. The zero-order chi connectivity index (χ0) is 11.2. The molecule has 2 heterocycles. The number of rotatable bonds is 0. The van der Waals surface area contributed by atoms with Crippen molar-refractivity contribution >= 4 is 21.2 Å². The van der Waals surface area contributed by atoms with E-state index in [4.69, 9.17) is 0 Å². The molecule has 0 aliphatic carbocycles. The van der Waals surface area contributed by atoms with Gasteiger partial charge < -0.3 is 10.2 Å². The first kappa shape index (κ1) is 9.96. The lowest BCUT2D eigenvalue weighted by Gasteiger charge is -2.42. The van der Waals surface area contributed by atoms with Crippen molar-refractivity contribution in [3.05, 3.63) is 24.3 Å². The lowest BCUT2D eigenvalue weighted by Crippen LogP contribution is -2.54. The van der Waals surface area contributed by atoms with Crippen LogP contribution in [0, 0.1) is 0 Å². The van der Waals surface area contributed by atoms with Crippen LogP contribution in [0.3, 0.4) is 0 Å². The predicted molar refractivity (Wildman–Crippen MR) is 64.7 cm³/mol. The van der Waals surface area contributed by atoms with Crippen molar-refractivity contribution in [3.63, 3.8) is 0 Å². The maximum absolute atomic E-state index is 11.6. The molecule has 1 aromatic rings. The van der Waals surface area contributed by atoms with Crippen LogP contribution in [0.1, 0.15) is 0 Å². The number of hydrogen-bond acceptors (Lipinski definition) is 4. The number of nitrogens with zero attached hydrogens (tertiary/aromatic N) is 1. The van der Waals surface area contributed by atoms with Crippen LogP contribution in [-0.4, -0.2) is 39.1 Å². The van der Waals surface area contributed by atoms with E-state index in [-0.39, 0.29) is 17.5 Å². The maximum atomic E-state index is 11.6. The summed E-state index contributed by atoms with van der Waals surface area (Å²) in [7, 11) is -2.84. The number of anilines is 2. The molecule has 0 bridgehead atoms. The molecule has 16 heavy (non-hydrogen) atoms. The van der Waals surface area contributed by atoms with Gasteiger partial charge in [0.05, 0.1) is 28.9 Å². The highest BCUT2D eigenvalue weighted by Crippen LogP contribution is 2.32. The van der Waals surface area contributed by atoms with Gasteiger partial charge in [0, 0.05) is 13.1 Å². The summed E-state index contributed by atoms with van der Waals surface area (Å²) in [5.74, 6) is 0.548. The van der Waals surface area contributed by atoms with Crippen LogP contribution in [0.25, 0.3) is 0 Å². The van der Waals surface area contributed by atoms with Gasteiger partial charge in [0.2, 0.25) is 0 Å². The highest BCUT2D eigenvalue weighted by Gasteiger charge is 2.34. The summed E-state index contributed by atoms with van der Waals surface area (Å²) in [6.07, 6.45) is 0. The average Bonchev–Trinajstić information content (AvgIpc) is 2.27. The maximum Gasteiger partial charge on any atom is 0.154 e. The van der Waals surface area contributed by atoms with Gasteiger partial charge >= 0.3 is 0 Å². The van der Waals surface area contributed by atoms with Gasteiger partial charge in [0.25, 0.3) is 0 Å². The van der Waals surface area contributed by atoms with Crippen molar-refractivity contribution in [2.45, 2.75) is 6.04 Å². The summed E-state index contributed by atoms with van der Waals surface area (Å²) in [6, 6.07) is 8.16. The van der Waals surface area contributed by atoms with E-state index in [9.17, 15) is 8.42 Å². The van der Waals surface area contributed by atoms with Crippen LogP contribution in [0.4, 0.5) is 11.4 Å². The fourth-order valence-electron chi connectivity index (χ4n) is 2.47. The molecule has 0 saturated carbocycles. The van der Waals surface area contributed by atoms with Crippen LogP contribution in [-0.2, 0) is 9.84 Å². The first-order chi connectivity index (χ1) is 7.66. The molecular formula is C11H14N2O2S. The molecular weight excluding hydrogens is 224 g/mol. The summed E-state index contributed by atoms with van der Waals surface area (Å²) in [5.41, 5.74) is 2.24. The van der Waals surface area contributed by atoms with E-state index >= 15 is 0 Å². The summed E-state index contributed by atoms with van der Waals surface area (Å²) in [5, 5.41) is 3.29. The fraction of sp³-hybridized carbons (Fsp3) is 0.455. The zero-order valence-electron chi connectivity index (χ0n) is 8.89. The smallest absolute Gasteiger partial charge is 0.154 e. The second kappa shape index (κ2) is 3.38. The number of hydrogen-bond donors (Lipinski definition) is 1. The topological polar surface area (TPSA) is 49.4 Å². The Morgan fingerprint density at radius 2 is 2.12 bits per heavy atom. The van der Waals surface area contributed by atoms with Crippen LogP contribution in [0.2, 0.25) is 0 Å². The van der Waals surface area contributed by atoms with E-state index in [1.54, 1.807) is 0 Å². The molecule has 2 aliphatic heterocycles. The van der Waals surface area contributed by atoms with Crippen molar-refractivity contribution in [1.82, 2.24) is 0 Å². The number of sulfone groups is 1. The highest BCUT2D eigenvalue weighted by molar-refractivity contribution is 7.91. The van der Waals surface area contributed by atoms with Crippen molar-refractivity contribution in [3.8, 4) is 0 Å². The molecule has 0 spiro atoms. The molecule has 0 radical (unpaired) electrons. The van der Waals surface area contributed by atoms with Crippen LogP contribution in [0.15, 0.2) is 24.3 Å². The van der Waals surface area contributed by atoms with E-state index in [1.165, 1.54) is 0 Å². The lowest BCUT2D eigenvalue weighted by molar-refractivity contribution is 0.559. The zero-order valence-corrected chi connectivity index (χ0v) is 9.70. The Hall–Kier alpha value is -1.23. The van der Waals surface area contributed by atoms with Gasteiger partial charge in [-0.1, -0.05) is 12.1 Å². The molecule has 86 valence electrons. The number of benzene rings is 1. The average molecular weight is 238 g/mol. The Balaban J connectivity index is 1.98. The van der Waals surface area contributed by atoms with Gasteiger partial charge in [-0.05, 0) is 12.1 Å². The highest BCUT2D eigenvalue weighted by atomic mass is 32.2. The van der Waals surface area contributed by atoms with Crippen molar-refractivity contribution in [1.29, 1.82) is 0 Å². The van der Waals surface area contributed by atoms with Gasteiger partial charge in [0.15, 0.2) is 9.84 Å². The van der Waals surface area contributed by atoms with E-state index in [2.05, 4.69) is 10.2 Å². The standard InChI is InChI=1S/C11H14N2O2S/c14-16(15)6-5-13-9(8-16)7-12-10-3-1-2-4-11(10)13/h1-4,9,12H,5-8H2. The number of fused-ring (bicyclic) bond motifs is 3. The van der Waals surface area contributed by atoms with E-state index in [0.717, 1.165) is 17.9 Å². The third-order valence-electron chi connectivity index (χ3n) is 3.27. The Morgan fingerprint density at radius 3 is 3.00 bits per heavy atom. The third-order valence-corrected chi connectivity index (χ3v) is 4.97. The minimum absolute atomic E-state index is 0.0913. The molecule has 1 saturated heterocycles. The van der Waals surface area contributed by atoms with Gasteiger partial charge in [-0.2, -0.15) is 0 Å². The summed E-state index contributed by atoms with van der Waals surface area (Å²) >= 11 is 0. The SMILES string of the molecule is O=S1(=O)CCN2c3ccccc3NCC2C1. The molecule has 1 aromatic carbocycles. The van der Waals surface area contributed by atoms with Gasteiger partial charge in [-0.15, -0.1) is 0 Å². The van der Waals surface area contributed by atoms with Crippen molar-refractivity contribution in [2.24, 2.45) is 0 Å². The second-order valence-corrected chi connectivity index (χ2v) is 6.59. The quantitative estimate of drug-likeness (QED) is 0.723.